The van der Waals surface area contributed by atoms with Gasteiger partial charge in [-0.3, -0.25) is 0 Å². The number of phenolic OH excluding ortho intramolecular Hbond substituents is 2. The molecule has 0 aromatic heterocycles. The molecule has 0 aliphatic rings. The molecule has 0 bridgehead atoms. The lowest BCUT2D eigenvalue weighted by atomic mass is 10.1. The Morgan fingerprint density at radius 1 is 0.923 bits per heavy atom. The zero-order valence-corrected chi connectivity index (χ0v) is 6.66. The van der Waals surface area contributed by atoms with E-state index in [4.69, 9.17) is 10.2 Å². The van der Waals surface area contributed by atoms with Gasteiger partial charge in [-0.1, -0.05) is 6.07 Å². The summed E-state index contributed by atoms with van der Waals surface area (Å²) >= 11 is 0. The van der Waals surface area contributed by atoms with E-state index in [1.54, 1.807) is 6.07 Å². The summed E-state index contributed by atoms with van der Waals surface area (Å²) in [5.41, 5.74) is 0. The lowest BCUT2D eigenvalue weighted by molar-refractivity contribution is 0.433. The summed E-state index contributed by atoms with van der Waals surface area (Å²) in [5, 5.41) is 19.4. The zero-order chi connectivity index (χ0) is 9.42. The van der Waals surface area contributed by atoms with Gasteiger partial charge in [0.05, 0.1) is 0 Å². The second-order valence-corrected chi connectivity index (χ2v) is 2.84. The van der Waals surface area contributed by atoms with Crippen LogP contribution in [0.1, 0.15) is 0 Å². The van der Waals surface area contributed by atoms with Gasteiger partial charge in [-0.25, -0.2) is 4.39 Å². The second-order valence-electron chi connectivity index (χ2n) is 2.84. The van der Waals surface area contributed by atoms with E-state index in [1.807, 2.05) is 0 Å². The Labute approximate surface area is 73.9 Å². The molecule has 0 atom stereocenters. The third-order valence-electron chi connectivity index (χ3n) is 1.89. The number of aromatic hydroxyl groups is 2. The Balaban J connectivity index is 2.81. The molecule has 66 valence electrons. The Morgan fingerprint density at radius 3 is 2.46 bits per heavy atom. The number of hydrogen-bond acceptors (Lipinski definition) is 2. The molecule has 0 spiro atoms. The average Bonchev–Trinajstić information content (AvgIpc) is 2.08. The topological polar surface area (TPSA) is 40.5 Å². The van der Waals surface area contributed by atoms with Gasteiger partial charge in [-0.2, -0.15) is 0 Å². The van der Waals surface area contributed by atoms with E-state index in [9.17, 15) is 4.39 Å². The lowest BCUT2D eigenvalue weighted by Gasteiger charge is -2.00. The minimum absolute atomic E-state index is 0.0811. The standard InChI is InChI=1S/C10H7FO2/c11-9-4-7-3-8(12)2-1-6(7)5-10(9)13/h1-5,12-13H. The normalized spacial score (nSPS) is 10.5. The molecule has 0 aliphatic carbocycles. The Kier molecular flexibility index (Phi) is 1.59. The van der Waals surface area contributed by atoms with Crippen molar-refractivity contribution < 1.29 is 14.6 Å². The molecule has 0 heterocycles. The van der Waals surface area contributed by atoms with Gasteiger partial charge in [0.15, 0.2) is 11.6 Å². The van der Waals surface area contributed by atoms with Gasteiger partial charge in [0.2, 0.25) is 0 Å². The van der Waals surface area contributed by atoms with Crippen LogP contribution in [0.25, 0.3) is 10.8 Å². The molecule has 2 N–H and O–H groups in total. The van der Waals surface area contributed by atoms with Crippen LogP contribution in [0.15, 0.2) is 30.3 Å². The molecule has 0 fully saturated rings. The van der Waals surface area contributed by atoms with Crippen molar-refractivity contribution in [1.29, 1.82) is 0 Å². The van der Waals surface area contributed by atoms with Crippen LogP contribution in [0, 0.1) is 5.82 Å². The Morgan fingerprint density at radius 2 is 1.69 bits per heavy atom. The smallest absolute Gasteiger partial charge is 0.165 e. The van der Waals surface area contributed by atoms with Crippen molar-refractivity contribution >= 4 is 10.8 Å². The van der Waals surface area contributed by atoms with Crippen molar-refractivity contribution in [3.8, 4) is 11.5 Å². The Hall–Kier alpha value is -1.77. The van der Waals surface area contributed by atoms with E-state index >= 15 is 0 Å². The molecule has 0 saturated heterocycles. The summed E-state index contributed by atoms with van der Waals surface area (Å²) < 4.78 is 12.8. The van der Waals surface area contributed by atoms with E-state index in [-0.39, 0.29) is 11.5 Å². The summed E-state index contributed by atoms with van der Waals surface area (Å²) in [7, 11) is 0. The van der Waals surface area contributed by atoms with E-state index in [2.05, 4.69) is 0 Å². The minimum atomic E-state index is -0.682. The van der Waals surface area contributed by atoms with Crippen LogP contribution in [-0.2, 0) is 0 Å². The highest BCUT2D eigenvalue weighted by Crippen LogP contribution is 2.26. The van der Waals surface area contributed by atoms with Gasteiger partial charge in [0.25, 0.3) is 0 Å². The number of hydrogen-bond donors (Lipinski definition) is 2. The molecule has 2 rings (SSSR count). The van der Waals surface area contributed by atoms with Crippen LogP contribution in [-0.4, -0.2) is 10.2 Å². The quantitative estimate of drug-likeness (QED) is 0.650. The fourth-order valence-corrected chi connectivity index (χ4v) is 1.25. The fourth-order valence-electron chi connectivity index (χ4n) is 1.25. The highest BCUT2D eigenvalue weighted by atomic mass is 19.1. The molecule has 0 amide bonds. The van der Waals surface area contributed by atoms with Gasteiger partial charge in [0.1, 0.15) is 5.75 Å². The van der Waals surface area contributed by atoms with Crippen molar-refractivity contribution in [1.82, 2.24) is 0 Å². The maximum Gasteiger partial charge on any atom is 0.165 e. The van der Waals surface area contributed by atoms with Crippen LogP contribution < -0.4 is 0 Å². The maximum atomic E-state index is 12.8. The lowest BCUT2D eigenvalue weighted by Crippen LogP contribution is -1.78. The molecule has 0 saturated carbocycles. The molecular weight excluding hydrogens is 171 g/mol. The monoisotopic (exact) mass is 178 g/mol. The highest BCUT2D eigenvalue weighted by molar-refractivity contribution is 5.85. The van der Waals surface area contributed by atoms with E-state index in [0.29, 0.717) is 10.8 Å². The molecule has 2 aromatic carbocycles. The van der Waals surface area contributed by atoms with Gasteiger partial charge in [0, 0.05) is 0 Å². The first kappa shape index (κ1) is 7.86. The SMILES string of the molecule is Oc1ccc2cc(O)c(F)cc2c1. The fraction of sp³-hybridized carbons (Fsp3) is 0. The van der Waals surface area contributed by atoms with Gasteiger partial charge >= 0.3 is 0 Å². The van der Waals surface area contributed by atoms with Crippen molar-refractivity contribution in [3.63, 3.8) is 0 Å². The van der Waals surface area contributed by atoms with E-state index < -0.39 is 5.82 Å². The predicted octanol–water partition coefficient (Wildman–Crippen LogP) is 2.39. The first-order chi connectivity index (χ1) is 6.16. The molecule has 0 unspecified atom stereocenters. The summed E-state index contributed by atoms with van der Waals surface area (Å²) in [6, 6.07) is 7.05. The van der Waals surface area contributed by atoms with Crippen LogP contribution in [0.3, 0.4) is 0 Å². The van der Waals surface area contributed by atoms with Crippen molar-refractivity contribution in [2.75, 3.05) is 0 Å². The molecule has 0 radical (unpaired) electrons. The number of benzene rings is 2. The number of rotatable bonds is 0. The van der Waals surface area contributed by atoms with Crippen LogP contribution in [0.2, 0.25) is 0 Å². The summed E-state index contributed by atoms with van der Waals surface area (Å²) in [5.74, 6) is -0.978. The largest absolute Gasteiger partial charge is 0.508 e. The van der Waals surface area contributed by atoms with E-state index in [1.165, 1.54) is 24.3 Å². The molecule has 13 heavy (non-hydrogen) atoms. The number of fused-ring (bicyclic) bond motifs is 1. The number of halogens is 1. The molecule has 0 aliphatic heterocycles. The van der Waals surface area contributed by atoms with E-state index in [0.717, 1.165) is 0 Å². The first-order valence-electron chi connectivity index (χ1n) is 3.78. The Bertz CT molecular complexity index is 466. The molecular formula is C10H7FO2. The first-order valence-corrected chi connectivity index (χ1v) is 3.78. The third-order valence-corrected chi connectivity index (χ3v) is 1.89. The maximum absolute atomic E-state index is 12.8. The van der Waals surface area contributed by atoms with Crippen LogP contribution >= 0.6 is 0 Å². The van der Waals surface area contributed by atoms with Gasteiger partial charge in [-0.05, 0) is 35.0 Å². The van der Waals surface area contributed by atoms with Crippen molar-refractivity contribution in [3.05, 3.63) is 36.1 Å². The molecule has 2 aromatic rings. The van der Waals surface area contributed by atoms with Crippen molar-refractivity contribution in [2.45, 2.75) is 0 Å². The van der Waals surface area contributed by atoms with Crippen LogP contribution in [0.5, 0.6) is 11.5 Å². The third kappa shape index (κ3) is 1.28. The van der Waals surface area contributed by atoms with Crippen molar-refractivity contribution in [2.24, 2.45) is 0 Å². The number of phenols is 2. The minimum Gasteiger partial charge on any atom is -0.508 e. The zero-order valence-electron chi connectivity index (χ0n) is 6.66. The highest BCUT2D eigenvalue weighted by Gasteiger charge is 2.02. The summed E-state index contributed by atoms with van der Waals surface area (Å²) in [4.78, 5) is 0. The predicted molar refractivity (Wildman–Crippen MR) is 47.2 cm³/mol. The van der Waals surface area contributed by atoms with Gasteiger partial charge < -0.3 is 10.2 Å². The van der Waals surface area contributed by atoms with Crippen LogP contribution in [0.4, 0.5) is 4.39 Å². The summed E-state index contributed by atoms with van der Waals surface area (Å²) in [6.45, 7) is 0. The molecule has 2 nitrogen and oxygen atoms in total. The summed E-state index contributed by atoms with van der Waals surface area (Å²) in [6.07, 6.45) is 0. The van der Waals surface area contributed by atoms with Gasteiger partial charge in [-0.15, -0.1) is 0 Å². The second kappa shape index (κ2) is 2.62. The average molecular weight is 178 g/mol. The molecule has 3 heteroatoms.